The van der Waals surface area contributed by atoms with Crippen LogP contribution in [-0.4, -0.2) is 85.8 Å². The van der Waals surface area contributed by atoms with Crippen LogP contribution in [-0.2, 0) is 10.8 Å². The average Bonchev–Trinajstić information content (AvgIpc) is 3.49. The highest BCUT2D eigenvalue weighted by Gasteiger charge is 2.56. The monoisotopic (exact) mass is 656 g/mol. The van der Waals surface area contributed by atoms with Gasteiger partial charge in [0, 0.05) is 37.1 Å². The van der Waals surface area contributed by atoms with Crippen LogP contribution in [0.4, 0.5) is 0 Å². The zero-order valence-corrected chi connectivity index (χ0v) is 26.6. The Kier molecular flexibility index (Phi) is 9.62. The lowest BCUT2D eigenvalue weighted by Gasteiger charge is -2.35. The van der Waals surface area contributed by atoms with Gasteiger partial charge in [-0.3, -0.25) is 9.69 Å². The third-order valence-electron chi connectivity index (χ3n) is 10.9. The van der Waals surface area contributed by atoms with Crippen molar-refractivity contribution >= 4 is 0 Å². The second-order valence-corrected chi connectivity index (χ2v) is 13.2. The largest absolute Gasteiger partial charge is 0.493 e. The topological polar surface area (TPSA) is 92.6 Å². The Labute approximate surface area is 284 Å². The van der Waals surface area contributed by atoms with Gasteiger partial charge in [-0.25, -0.2) is 22.9 Å². The molecule has 10 nitrogen and oxygen atoms in total. The molecule has 0 aromatic heterocycles. The van der Waals surface area contributed by atoms with E-state index in [1.54, 1.807) is 14.2 Å². The molecule has 0 radical (unpaired) electrons. The van der Waals surface area contributed by atoms with Crippen molar-refractivity contribution in [3.8, 4) is 23.0 Å². The standard InChI is InChI=1S/2C18H20N2O3.2CH4/c2*1-19-17-12-4-5-13(22-3)16-15(12)18(8-9-20(17)2)7-6-11(21)10-14(18)23-16;;/h2*4-7,11,14,17,21H,8-10H2,2-3H3;2*1H4/t11-,14-,17+,18-;11-,14-,17-,18-;;/m00../s1. The van der Waals surface area contributed by atoms with E-state index in [1.165, 1.54) is 0 Å². The van der Waals surface area contributed by atoms with Crippen molar-refractivity contribution < 1.29 is 29.2 Å². The minimum atomic E-state index is -0.480. The molecule has 2 aromatic carbocycles. The van der Waals surface area contributed by atoms with Gasteiger partial charge in [0.15, 0.2) is 23.0 Å². The molecule has 0 saturated heterocycles. The third-order valence-corrected chi connectivity index (χ3v) is 10.9. The molecule has 8 atom stereocenters. The molecule has 0 unspecified atom stereocenters. The molecule has 0 fully saturated rings. The van der Waals surface area contributed by atoms with Crippen LogP contribution in [0.5, 0.6) is 23.0 Å². The van der Waals surface area contributed by atoms with Gasteiger partial charge in [0.05, 0.1) is 48.4 Å². The Morgan fingerprint density at radius 2 is 1.12 bits per heavy atom. The second kappa shape index (κ2) is 13.1. The van der Waals surface area contributed by atoms with E-state index >= 15 is 0 Å². The van der Waals surface area contributed by atoms with E-state index in [0.717, 1.165) is 59.7 Å². The minimum Gasteiger partial charge on any atom is -0.493 e. The predicted molar refractivity (Wildman–Crippen MR) is 184 cm³/mol. The van der Waals surface area contributed by atoms with E-state index in [4.69, 9.17) is 32.1 Å². The zero-order valence-electron chi connectivity index (χ0n) is 26.6. The lowest BCUT2D eigenvalue weighted by atomic mass is 9.69. The summed E-state index contributed by atoms with van der Waals surface area (Å²) in [5.41, 5.74) is 3.61. The summed E-state index contributed by atoms with van der Waals surface area (Å²) in [5.74, 6) is 2.90. The van der Waals surface area contributed by atoms with Gasteiger partial charge in [-0.2, -0.15) is 0 Å². The maximum absolute atomic E-state index is 10.0. The maximum Gasteiger partial charge on any atom is 0.305 e. The first-order chi connectivity index (χ1) is 22.2. The minimum absolute atomic E-state index is 0. The Hall–Kier alpha value is -4.06. The van der Waals surface area contributed by atoms with Gasteiger partial charge >= 0.3 is 12.3 Å². The van der Waals surface area contributed by atoms with Crippen molar-refractivity contribution in [1.29, 1.82) is 0 Å². The second-order valence-electron chi connectivity index (χ2n) is 13.2. The summed E-state index contributed by atoms with van der Waals surface area (Å²) in [4.78, 5) is 11.9. The molecule has 10 heteroatoms. The summed E-state index contributed by atoms with van der Waals surface area (Å²) in [6.45, 7) is 16.9. The van der Waals surface area contributed by atoms with E-state index in [2.05, 4.69) is 31.6 Å². The molecule has 0 saturated carbocycles. The molecule has 2 aliphatic carbocycles. The number of hydrogen-bond donors (Lipinski definition) is 2. The number of aliphatic hydroxyl groups excluding tert-OH is 2. The van der Waals surface area contributed by atoms with Crippen molar-refractivity contribution in [2.75, 3.05) is 41.4 Å². The Bertz CT molecular complexity index is 1570. The summed E-state index contributed by atoms with van der Waals surface area (Å²) < 4.78 is 23.5. The highest BCUT2D eigenvalue weighted by atomic mass is 16.5. The lowest BCUT2D eigenvalue weighted by Crippen LogP contribution is -2.42. The Morgan fingerprint density at radius 1 is 0.729 bits per heavy atom. The molecule has 256 valence electrons. The van der Waals surface area contributed by atoms with E-state index in [-0.39, 0.29) is 50.2 Å². The summed E-state index contributed by atoms with van der Waals surface area (Å²) in [7, 11) is 7.26. The fourth-order valence-corrected chi connectivity index (χ4v) is 8.50. The number of nitrogens with zero attached hydrogens (tertiary/aromatic N) is 4. The van der Waals surface area contributed by atoms with Gasteiger partial charge in [0.25, 0.3) is 0 Å². The van der Waals surface area contributed by atoms with E-state index in [9.17, 15) is 10.2 Å². The summed E-state index contributed by atoms with van der Waals surface area (Å²) in [6, 6.07) is 7.76. The molecule has 0 bridgehead atoms. The molecule has 4 heterocycles. The van der Waals surface area contributed by atoms with Crippen LogP contribution in [0.3, 0.4) is 0 Å². The molecule has 6 aliphatic rings. The first kappa shape index (κ1) is 35.3. The average molecular weight is 657 g/mol. The van der Waals surface area contributed by atoms with Gasteiger partial charge in [-0.1, -0.05) is 39.2 Å². The first-order valence-electron chi connectivity index (χ1n) is 15.9. The van der Waals surface area contributed by atoms with Crippen LogP contribution in [0.2, 0.25) is 0 Å². The molecule has 2 spiro atoms. The van der Waals surface area contributed by atoms with Crippen molar-refractivity contribution in [3.05, 3.63) is 93.7 Å². The highest BCUT2D eigenvalue weighted by molar-refractivity contribution is 5.63. The van der Waals surface area contributed by atoms with Crippen LogP contribution >= 0.6 is 0 Å². The number of benzene rings is 2. The molecule has 48 heavy (non-hydrogen) atoms. The number of rotatable bonds is 2. The van der Waals surface area contributed by atoms with Crippen molar-refractivity contribution in [2.24, 2.45) is 0 Å². The molecular weight excluding hydrogens is 608 g/mol. The first-order valence-corrected chi connectivity index (χ1v) is 15.9. The molecule has 2 aromatic rings. The maximum atomic E-state index is 10.0. The highest BCUT2D eigenvalue weighted by Crippen LogP contribution is 2.58. The molecule has 0 amide bonds. The van der Waals surface area contributed by atoms with E-state index in [0.29, 0.717) is 24.3 Å². The number of aliphatic hydroxyl groups is 2. The van der Waals surface area contributed by atoms with Crippen LogP contribution in [0.15, 0.2) is 48.6 Å². The SMILES string of the molecule is C.C.[C-]#[N+][C@@H]1c2ccc(OC)c3c2[C@@]2(C=C[C@H](O)C[C@@H]2O3)CCN1C.[C-]#[N+][C@H]1c2ccc(OC)c3c2[C@@]2(C=C[C@H](O)C[C@@H]2O3)CCN1C. The van der Waals surface area contributed by atoms with Crippen LogP contribution in [0.1, 0.15) is 75.1 Å². The van der Waals surface area contributed by atoms with Crippen LogP contribution in [0.25, 0.3) is 9.69 Å². The van der Waals surface area contributed by atoms with Crippen molar-refractivity contribution in [1.82, 2.24) is 9.80 Å². The van der Waals surface area contributed by atoms with Crippen LogP contribution in [0, 0.1) is 13.1 Å². The van der Waals surface area contributed by atoms with Gasteiger partial charge < -0.3 is 29.2 Å². The zero-order chi connectivity index (χ0) is 32.4. The van der Waals surface area contributed by atoms with Gasteiger partial charge in [-0.05, 0) is 51.2 Å². The third kappa shape index (κ3) is 5.05. The summed E-state index contributed by atoms with van der Waals surface area (Å²) in [5, 5.41) is 20.0. The van der Waals surface area contributed by atoms with Gasteiger partial charge in [-0.15, -0.1) is 0 Å². The Balaban J connectivity index is 0.000000180. The number of hydrogen-bond acceptors (Lipinski definition) is 8. The molecule has 2 N–H and O–H groups in total. The molecule has 8 rings (SSSR count). The van der Waals surface area contributed by atoms with Crippen molar-refractivity contribution in [3.63, 3.8) is 0 Å². The quantitative estimate of drug-likeness (QED) is 0.309. The van der Waals surface area contributed by atoms with Gasteiger partial charge in [0.1, 0.15) is 12.2 Å². The normalized spacial score (nSPS) is 33.3. The molecular formula is C38H48N4O6. The lowest BCUT2D eigenvalue weighted by molar-refractivity contribution is 0.0814. The fourth-order valence-electron chi connectivity index (χ4n) is 8.50. The predicted octanol–water partition coefficient (Wildman–Crippen LogP) is 5.81. The van der Waals surface area contributed by atoms with Gasteiger partial charge in [0.2, 0.25) is 0 Å². The van der Waals surface area contributed by atoms with Crippen molar-refractivity contribution in [2.45, 2.75) is 88.1 Å². The summed E-state index contributed by atoms with van der Waals surface area (Å²) >= 11 is 0. The fraction of sp³-hybridized carbons (Fsp3) is 0.526. The number of ether oxygens (including phenoxy) is 4. The smallest absolute Gasteiger partial charge is 0.305 e. The molecule has 4 aliphatic heterocycles. The summed E-state index contributed by atoms with van der Waals surface area (Å²) in [6.07, 6.45) is 9.03. The van der Waals surface area contributed by atoms with E-state index in [1.807, 2.05) is 50.5 Å². The van der Waals surface area contributed by atoms with E-state index < -0.39 is 12.2 Å². The van der Waals surface area contributed by atoms with Crippen LogP contribution < -0.4 is 18.9 Å². The number of methoxy groups -OCH3 is 2. The Morgan fingerprint density at radius 3 is 1.48 bits per heavy atom.